The minimum atomic E-state index is -2.14. The van der Waals surface area contributed by atoms with Gasteiger partial charge in [-0.1, -0.05) is 6.08 Å². The van der Waals surface area contributed by atoms with Crippen molar-refractivity contribution in [1.29, 1.82) is 0 Å². The van der Waals surface area contributed by atoms with E-state index < -0.39 is 20.0 Å². The highest BCUT2D eigenvalue weighted by Crippen LogP contribution is 2.36. The van der Waals surface area contributed by atoms with Crippen LogP contribution in [0.4, 0.5) is 0 Å². The Morgan fingerprint density at radius 3 is 3.09 bits per heavy atom. The van der Waals surface area contributed by atoms with Gasteiger partial charge in [0.25, 0.3) is 0 Å². The molecule has 0 aromatic rings. The molecule has 3 nitrogen and oxygen atoms in total. The van der Waals surface area contributed by atoms with Crippen LogP contribution in [-0.4, -0.2) is 32.6 Å². The largest absolute Gasteiger partial charge is 0.345 e. The molecular formula is C7H13O3P. The van der Waals surface area contributed by atoms with Crippen LogP contribution in [0.2, 0.25) is 0 Å². The van der Waals surface area contributed by atoms with E-state index >= 15 is 0 Å². The van der Waals surface area contributed by atoms with E-state index in [2.05, 4.69) is 0 Å². The van der Waals surface area contributed by atoms with E-state index in [4.69, 9.17) is 10.8 Å². The highest BCUT2D eigenvalue weighted by molar-refractivity contribution is 7.62. The van der Waals surface area contributed by atoms with Gasteiger partial charge in [0.05, 0.1) is 7.95 Å². The summed E-state index contributed by atoms with van der Waals surface area (Å²) in [4.78, 5) is 0. The molecule has 0 spiro atoms. The third kappa shape index (κ3) is 3.71. The van der Waals surface area contributed by atoms with Crippen molar-refractivity contribution < 1.29 is 15.4 Å². The standard InChI is InChI=1S/C7H13O3P/c1-11(2,8)6-10-7-4-3-5-9-7/h3-4,7H,5-6H2,1-2H3/t7-/m1/s1/i5T/t5?,7-. The molecule has 11 heavy (non-hydrogen) atoms. The predicted octanol–water partition coefficient (Wildman–Crippen LogP) is 1.50. The van der Waals surface area contributed by atoms with Crippen molar-refractivity contribution >= 4 is 7.14 Å². The molecule has 1 rings (SSSR count). The lowest BCUT2D eigenvalue weighted by Crippen LogP contribution is -2.10. The van der Waals surface area contributed by atoms with E-state index in [-0.39, 0.29) is 6.35 Å². The van der Waals surface area contributed by atoms with E-state index in [9.17, 15) is 4.57 Å². The Hall–Kier alpha value is -0.110. The van der Waals surface area contributed by atoms with Gasteiger partial charge in [0, 0.05) is 0 Å². The van der Waals surface area contributed by atoms with Crippen LogP contribution in [0.3, 0.4) is 0 Å². The topological polar surface area (TPSA) is 35.5 Å². The third-order valence-electron chi connectivity index (χ3n) is 1.11. The zero-order chi connectivity index (χ0) is 9.19. The lowest BCUT2D eigenvalue weighted by molar-refractivity contribution is -0.0763. The molecule has 64 valence electrons. The molecule has 1 aliphatic heterocycles. The first kappa shape index (κ1) is 7.53. The maximum absolute atomic E-state index is 11.2. The van der Waals surface area contributed by atoms with E-state index in [1.807, 2.05) is 0 Å². The van der Waals surface area contributed by atoms with Crippen molar-refractivity contribution in [3.8, 4) is 0 Å². The molecule has 0 aromatic carbocycles. The Morgan fingerprint density at radius 2 is 2.64 bits per heavy atom. The summed E-state index contributed by atoms with van der Waals surface area (Å²) < 4.78 is 28.5. The molecule has 1 aliphatic rings. The Morgan fingerprint density at radius 1 is 1.91 bits per heavy atom. The molecule has 0 N–H and O–H groups in total. The minimum absolute atomic E-state index is 0.203. The van der Waals surface area contributed by atoms with Crippen LogP contribution in [0.15, 0.2) is 12.2 Å². The lowest BCUT2D eigenvalue weighted by Gasteiger charge is -2.11. The van der Waals surface area contributed by atoms with E-state index in [1.54, 1.807) is 25.5 Å². The van der Waals surface area contributed by atoms with Gasteiger partial charge in [-0.05, 0) is 19.4 Å². The normalized spacial score (nSPS) is 32.4. The second-order valence-electron chi connectivity index (χ2n) is 2.90. The average Bonchev–Trinajstić information content (AvgIpc) is 2.30. The Kier molecular flexibility index (Phi) is 2.41. The fourth-order valence-electron chi connectivity index (χ4n) is 0.652. The van der Waals surface area contributed by atoms with Gasteiger partial charge >= 0.3 is 0 Å². The van der Waals surface area contributed by atoms with Crippen LogP contribution in [0.25, 0.3) is 0 Å². The van der Waals surface area contributed by atoms with Gasteiger partial charge in [0.1, 0.15) is 13.5 Å². The van der Waals surface area contributed by atoms with Gasteiger partial charge in [-0.25, -0.2) is 0 Å². The predicted molar refractivity (Wildman–Crippen MR) is 44.3 cm³/mol. The summed E-state index contributed by atoms with van der Waals surface area (Å²) in [7, 11) is -2.14. The molecule has 2 atom stereocenters. The molecule has 0 saturated carbocycles. The first-order valence-corrected chi connectivity index (χ1v) is 6.18. The summed E-state index contributed by atoms with van der Waals surface area (Å²) in [6.45, 7) is 2.68. The lowest BCUT2D eigenvalue weighted by atomic mass is 10.6. The van der Waals surface area contributed by atoms with Gasteiger partial charge in [-0.15, -0.1) is 0 Å². The van der Waals surface area contributed by atoms with Gasteiger partial charge < -0.3 is 14.0 Å². The smallest absolute Gasteiger partial charge is 0.177 e. The Balaban J connectivity index is 2.26. The molecule has 0 radical (unpaired) electrons. The minimum Gasteiger partial charge on any atom is -0.345 e. The van der Waals surface area contributed by atoms with E-state index in [1.165, 1.54) is 0 Å². The maximum Gasteiger partial charge on any atom is 0.177 e. The molecule has 1 unspecified atom stereocenters. The fourth-order valence-corrected chi connectivity index (χ4v) is 1.16. The highest BCUT2D eigenvalue weighted by atomic mass is 31.2. The van der Waals surface area contributed by atoms with E-state index in [0.29, 0.717) is 0 Å². The monoisotopic (exact) mass is 178 g/mol. The molecule has 0 aliphatic carbocycles. The van der Waals surface area contributed by atoms with Crippen LogP contribution < -0.4 is 0 Å². The molecule has 1 heterocycles. The van der Waals surface area contributed by atoms with Crippen LogP contribution in [0, 0.1) is 0 Å². The zero-order valence-corrected chi connectivity index (χ0v) is 7.58. The molecule has 0 saturated heterocycles. The number of hydrogen-bond acceptors (Lipinski definition) is 3. The molecule has 0 fully saturated rings. The first-order valence-electron chi connectivity index (χ1n) is 3.97. The number of hydrogen-bond donors (Lipinski definition) is 0. The van der Waals surface area contributed by atoms with E-state index in [0.717, 1.165) is 0 Å². The van der Waals surface area contributed by atoms with Crippen LogP contribution >= 0.6 is 7.14 Å². The molecule has 4 heteroatoms. The van der Waals surface area contributed by atoms with Gasteiger partial charge in [0.15, 0.2) is 6.29 Å². The second-order valence-corrected chi connectivity index (χ2v) is 6.30. The summed E-state index contributed by atoms with van der Waals surface area (Å²) in [5.41, 5.74) is 0. The Labute approximate surface area is 68.2 Å². The maximum atomic E-state index is 11.2. The van der Waals surface area contributed by atoms with Crippen molar-refractivity contribution in [2.24, 2.45) is 0 Å². The average molecular weight is 178 g/mol. The Bertz CT molecular complexity index is 223. The van der Waals surface area contributed by atoms with Gasteiger partial charge in [-0.2, -0.15) is 0 Å². The number of ether oxygens (including phenoxy) is 2. The quantitative estimate of drug-likeness (QED) is 0.485. The number of rotatable bonds is 3. The van der Waals surface area contributed by atoms with Crippen molar-refractivity contribution in [1.82, 2.24) is 0 Å². The van der Waals surface area contributed by atoms with Crippen LogP contribution in [0.1, 0.15) is 1.37 Å². The second kappa shape index (κ2) is 3.53. The highest BCUT2D eigenvalue weighted by Gasteiger charge is 2.13. The van der Waals surface area contributed by atoms with Crippen LogP contribution in [0.5, 0.6) is 0 Å². The zero-order valence-electron chi connectivity index (χ0n) is 7.69. The molecule has 0 bridgehead atoms. The summed E-state index contributed by atoms with van der Waals surface area (Å²) >= 11 is 0. The van der Waals surface area contributed by atoms with Crippen molar-refractivity contribution in [2.45, 2.75) is 6.29 Å². The molecular weight excluding hydrogens is 163 g/mol. The summed E-state index contributed by atoms with van der Waals surface area (Å²) in [6.07, 6.45) is 2.98. The SMILES string of the molecule is [3H]C1C=C[C@@H](OCP(C)(C)=O)O1. The van der Waals surface area contributed by atoms with Crippen molar-refractivity contribution in [2.75, 3.05) is 26.3 Å². The van der Waals surface area contributed by atoms with Gasteiger partial charge in [-0.3, -0.25) is 0 Å². The van der Waals surface area contributed by atoms with Gasteiger partial charge in [0.2, 0.25) is 0 Å². The summed E-state index contributed by atoms with van der Waals surface area (Å²) in [5.74, 6) is 0. The van der Waals surface area contributed by atoms with Crippen molar-refractivity contribution in [3.63, 3.8) is 0 Å². The fraction of sp³-hybridized carbons (Fsp3) is 0.714. The summed E-state index contributed by atoms with van der Waals surface area (Å²) in [6, 6.07) is 0. The first-order chi connectivity index (χ1) is 5.47. The third-order valence-corrected chi connectivity index (χ3v) is 1.88. The molecule has 0 aromatic heterocycles. The van der Waals surface area contributed by atoms with Crippen LogP contribution in [-0.2, 0) is 14.0 Å². The summed E-state index contributed by atoms with van der Waals surface area (Å²) in [5, 5.41) is 0. The molecule has 0 amide bonds. The van der Waals surface area contributed by atoms with Crippen molar-refractivity contribution in [3.05, 3.63) is 12.2 Å².